The molecule has 206 valence electrons. The maximum atomic E-state index is 13.4. The first-order chi connectivity index (χ1) is 19.4. The highest BCUT2D eigenvalue weighted by Gasteiger charge is 2.31. The molecule has 0 bridgehead atoms. The number of hydrogen-bond donors (Lipinski definition) is 2. The van der Waals surface area contributed by atoms with Gasteiger partial charge in [-0.3, -0.25) is 9.59 Å². The van der Waals surface area contributed by atoms with Crippen LogP contribution >= 0.6 is 0 Å². The van der Waals surface area contributed by atoms with Gasteiger partial charge in [0.2, 0.25) is 5.91 Å². The number of nitrogens with zero attached hydrogens (tertiary/aromatic N) is 5. The van der Waals surface area contributed by atoms with Crippen LogP contribution in [0.3, 0.4) is 0 Å². The van der Waals surface area contributed by atoms with Crippen molar-refractivity contribution in [2.45, 2.75) is 25.3 Å². The van der Waals surface area contributed by atoms with Crippen molar-refractivity contribution >= 4 is 40.5 Å². The smallest absolute Gasteiger partial charge is 0.257 e. The minimum atomic E-state index is -0.566. The van der Waals surface area contributed by atoms with Crippen molar-refractivity contribution in [3.63, 3.8) is 0 Å². The zero-order chi connectivity index (χ0) is 27.8. The number of benzene rings is 2. The number of ether oxygens (including phenoxy) is 2. The Morgan fingerprint density at radius 2 is 2.02 bits per heavy atom. The molecule has 0 unspecified atom stereocenters. The summed E-state index contributed by atoms with van der Waals surface area (Å²) < 4.78 is 12.9. The number of carbonyl (C=O) groups is 2. The van der Waals surface area contributed by atoms with Gasteiger partial charge in [0.1, 0.15) is 34.7 Å². The SMILES string of the molecule is COc1ccc(N(C)c2cc(Nc3cccc4c3OCCC4)nc3c(C(=O)N[C@@H]4CCN(C)C4=O)cnn23)cc1. The molecule has 2 aliphatic heterocycles. The number of fused-ring (bicyclic) bond motifs is 2. The van der Waals surface area contributed by atoms with Crippen LogP contribution in [0.5, 0.6) is 11.5 Å². The number of aryl methyl sites for hydroxylation is 1. The number of nitrogens with one attached hydrogen (secondary N) is 2. The highest BCUT2D eigenvalue weighted by molar-refractivity contribution is 6.02. The van der Waals surface area contributed by atoms with E-state index in [-0.39, 0.29) is 11.5 Å². The van der Waals surface area contributed by atoms with Crippen LogP contribution in [0.15, 0.2) is 54.7 Å². The second kappa shape index (κ2) is 10.4. The Bertz CT molecular complexity index is 1580. The lowest BCUT2D eigenvalue weighted by Crippen LogP contribution is -2.40. The summed E-state index contributed by atoms with van der Waals surface area (Å²) in [6, 6.07) is 15.0. The fourth-order valence-corrected chi connectivity index (χ4v) is 5.17. The molecule has 11 heteroatoms. The molecule has 40 heavy (non-hydrogen) atoms. The van der Waals surface area contributed by atoms with E-state index in [4.69, 9.17) is 14.5 Å². The van der Waals surface area contributed by atoms with Gasteiger partial charge in [0.15, 0.2) is 5.65 Å². The second-order valence-corrected chi connectivity index (χ2v) is 10.00. The van der Waals surface area contributed by atoms with Crippen LogP contribution in [0.1, 0.15) is 28.8 Å². The van der Waals surface area contributed by atoms with Crippen molar-refractivity contribution < 1.29 is 19.1 Å². The first-order valence-corrected chi connectivity index (χ1v) is 13.3. The maximum absolute atomic E-state index is 13.4. The number of likely N-dealkylation sites (N-methyl/N-ethyl adjacent to an activating group) is 1. The van der Waals surface area contributed by atoms with Gasteiger partial charge in [-0.15, -0.1) is 0 Å². The summed E-state index contributed by atoms with van der Waals surface area (Å²) >= 11 is 0. The van der Waals surface area contributed by atoms with Gasteiger partial charge in [-0.2, -0.15) is 9.61 Å². The van der Waals surface area contributed by atoms with Gasteiger partial charge < -0.3 is 29.9 Å². The number of amides is 2. The molecule has 2 aromatic heterocycles. The molecule has 0 saturated carbocycles. The molecule has 0 spiro atoms. The van der Waals surface area contributed by atoms with Crippen molar-refractivity contribution in [3.8, 4) is 11.5 Å². The Morgan fingerprint density at radius 1 is 1.20 bits per heavy atom. The monoisotopic (exact) mass is 541 g/mol. The summed E-state index contributed by atoms with van der Waals surface area (Å²) in [6.07, 6.45) is 3.98. The van der Waals surface area contributed by atoms with Gasteiger partial charge in [-0.1, -0.05) is 12.1 Å². The number of methoxy groups -OCH3 is 1. The normalized spacial score (nSPS) is 16.4. The third-order valence-corrected chi connectivity index (χ3v) is 7.43. The van der Waals surface area contributed by atoms with Crippen molar-refractivity contribution in [1.82, 2.24) is 24.8 Å². The second-order valence-electron chi connectivity index (χ2n) is 10.00. The minimum absolute atomic E-state index is 0.103. The molecule has 0 aliphatic carbocycles. The Labute approximate surface area is 231 Å². The summed E-state index contributed by atoms with van der Waals surface area (Å²) in [6.45, 7) is 1.26. The number of para-hydroxylation sites is 1. The average Bonchev–Trinajstić information content (AvgIpc) is 3.55. The lowest BCUT2D eigenvalue weighted by atomic mass is 10.1. The summed E-state index contributed by atoms with van der Waals surface area (Å²) in [7, 11) is 5.28. The van der Waals surface area contributed by atoms with Crippen molar-refractivity contribution in [2.24, 2.45) is 0 Å². The number of aromatic nitrogens is 3. The molecule has 4 heterocycles. The number of carbonyl (C=O) groups excluding carboxylic acids is 2. The Morgan fingerprint density at radius 3 is 2.77 bits per heavy atom. The van der Waals surface area contributed by atoms with Gasteiger partial charge in [-0.25, -0.2) is 4.98 Å². The van der Waals surface area contributed by atoms with Crippen LogP contribution in [-0.4, -0.2) is 71.7 Å². The molecule has 1 atom stereocenters. The number of anilines is 4. The third kappa shape index (κ3) is 4.63. The molecular weight excluding hydrogens is 510 g/mol. The summed E-state index contributed by atoms with van der Waals surface area (Å²) in [5.74, 6) is 2.27. The molecule has 6 rings (SSSR count). The molecular formula is C29H31N7O4. The third-order valence-electron chi connectivity index (χ3n) is 7.43. The fraction of sp³-hybridized carbons (Fsp3) is 0.310. The summed E-state index contributed by atoms with van der Waals surface area (Å²) in [5, 5.41) is 10.8. The van der Waals surface area contributed by atoms with Crippen LogP contribution in [0, 0.1) is 0 Å². The van der Waals surface area contributed by atoms with Crippen LogP contribution in [0.2, 0.25) is 0 Å². The van der Waals surface area contributed by atoms with E-state index in [0.717, 1.165) is 41.3 Å². The van der Waals surface area contributed by atoms with Crippen molar-refractivity contribution in [2.75, 3.05) is 44.6 Å². The first kappa shape index (κ1) is 25.5. The highest BCUT2D eigenvalue weighted by atomic mass is 16.5. The van der Waals surface area contributed by atoms with Gasteiger partial charge in [0.05, 0.1) is 25.6 Å². The lowest BCUT2D eigenvalue weighted by Gasteiger charge is -2.23. The molecule has 2 aliphatic rings. The zero-order valence-electron chi connectivity index (χ0n) is 22.7. The quantitative estimate of drug-likeness (QED) is 0.365. The van der Waals surface area contributed by atoms with E-state index in [2.05, 4.69) is 21.8 Å². The molecule has 4 aromatic rings. The average molecular weight is 542 g/mol. The molecule has 11 nitrogen and oxygen atoms in total. The largest absolute Gasteiger partial charge is 0.497 e. The van der Waals surface area contributed by atoms with Crippen molar-refractivity contribution in [3.05, 3.63) is 65.9 Å². The minimum Gasteiger partial charge on any atom is -0.497 e. The van der Waals surface area contributed by atoms with Gasteiger partial charge >= 0.3 is 0 Å². The predicted octanol–water partition coefficient (Wildman–Crippen LogP) is 3.53. The molecule has 1 saturated heterocycles. The lowest BCUT2D eigenvalue weighted by molar-refractivity contribution is -0.128. The van der Waals surface area contributed by atoms with Gasteiger partial charge in [-0.05, 0) is 55.2 Å². The molecule has 1 fully saturated rings. The van der Waals surface area contributed by atoms with E-state index >= 15 is 0 Å². The highest BCUT2D eigenvalue weighted by Crippen LogP contribution is 2.36. The van der Waals surface area contributed by atoms with Gasteiger partial charge in [0, 0.05) is 32.4 Å². The van der Waals surface area contributed by atoms with Crippen LogP contribution in [-0.2, 0) is 11.2 Å². The number of likely N-dealkylation sites (tertiary alicyclic amines) is 1. The van der Waals surface area contributed by atoms with E-state index in [1.807, 2.05) is 54.4 Å². The molecule has 0 radical (unpaired) electrons. The topological polar surface area (TPSA) is 113 Å². The molecule has 2 N–H and O–H groups in total. The Hall–Kier alpha value is -4.80. The van der Waals surface area contributed by atoms with E-state index in [9.17, 15) is 9.59 Å². The Balaban J connectivity index is 1.41. The zero-order valence-corrected chi connectivity index (χ0v) is 22.7. The van der Waals surface area contributed by atoms with Crippen LogP contribution in [0.4, 0.5) is 23.0 Å². The van der Waals surface area contributed by atoms with Crippen molar-refractivity contribution in [1.29, 1.82) is 0 Å². The van der Waals surface area contributed by atoms with Crippen LogP contribution < -0.4 is 25.0 Å². The number of hydrogen-bond acceptors (Lipinski definition) is 8. The number of rotatable bonds is 7. The van der Waals surface area contributed by atoms with E-state index in [0.29, 0.717) is 36.9 Å². The molecule has 2 aromatic carbocycles. The van der Waals surface area contributed by atoms with E-state index < -0.39 is 11.9 Å². The van der Waals surface area contributed by atoms with Gasteiger partial charge in [0.25, 0.3) is 5.91 Å². The molecule has 2 amide bonds. The standard InChI is InChI=1S/C29H31N7O4/c1-34-14-13-23(29(34)38)32-28(37)21-17-30-36-25(35(2)19-9-11-20(39-3)12-10-19)16-24(33-27(21)36)31-22-8-4-6-18-7-5-15-40-26(18)22/h4,6,8-12,16-17,23H,5,7,13-15H2,1-3H3,(H,31,33)(H,32,37)/t23-/m1/s1. The predicted molar refractivity (Wildman–Crippen MR) is 151 cm³/mol. The van der Waals surface area contributed by atoms with E-state index in [1.165, 1.54) is 6.20 Å². The van der Waals surface area contributed by atoms with Crippen LogP contribution in [0.25, 0.3) is 5.65 Å². The first-order valence-electron chi connectivity index (χ1n) is 13.3. The summed E-state index contributed by atoms with van der Waals surface area (Å²) in [4.78, 5) is 34.2. The fourth-order valence-electron chi connectivity index (χ4n) is 5.17. The van der Waals surface area contributed by atoms with E-state index in [1.54, 1.807) is 23.6 Å². The maximum Gasteiger partial charge on any atom is 0.257 e. The summed E-state index contributed by atoms with van der Waals surface area (Å²) in [5.41, 5.74) is 3.48. The Kier molecular flexibility index (Phi) is 6.63.